The molecule has 1 N–H and O–H groups in total. The Balaban J connectivity index is 1.96. The van der Waals surface area contributed by atoms with Gasteiger partial charge in [-0.2, -0.15) is 0 Å². The second kappa shape index (κ2) is 5.64. The van der Waals surface area contributed by atoms with Crippen molar-refractivity contribution in [1.29, 1.82) is 0 Å². The molecule has 1 aliphatic rings. The monoisotopic (exact) mass is 272 g/mol. The Kier molecular flexibility index (Phi) is 3.72. The predicted molar refractivity (Wildman–Crippen MR) is 80.9 cm³/mol. The van der Waals surface area contributed by atoms with Crippen LogP contribution in [0.3, 0.4) is 0 Å². The molecule has 19 heavy (non-hydrogen) atoms. The Labute approximate surface area is 119 Å². The van der Waals surface area contributed by atoms with E-state index in [4.69, 9.17) is 11.6 Å². The summed E-state index contributed by atoms with van der Waals surface area (Å²) in [6.07, 6.45) is 0. The zero-order chi connectivity index (χ0) is 13.1. The number of rotatable bonds is 2. The fourth-order valence-corrected chi connectivity index (χ4v) is 2.92. The molecule has 1 fully saturated rings. The number of piperazine rings is 1. The third kappa shape index (κ3) is 2.60. The standard InChI is InChI=1S/C16H17ClN2/c17-15-9-5-4-8-14(15)16-12-18-10-11-19(16)13-6-2-1-3-7-13/h1-9,16,18H,10-12H2. The summed E-state index contributed by atoms with van der Waals surface area (Å²) in [5, 5.41) is 4.30. The lowest BCUT2D eigenvalue weighted by atomic mass is 10.0. The molecule has 2 nitrogen and oxygen atoms in total. The van der Waals surface area contributed by atoms with E-state index in [1.54, 1.807) is 0 Å². The van der Waals surface area contributed by atoms with Crippen LogP contribution in [-0.4, -0.2) is 19.6 Å². The summed E-state index contributed by atoms with van der Waals surface area (Å²) in [6.45, 7) is 2.94. The molecule has 1 unspecified atom stereocenters. The van der Waals surface area contributed by atoms with Gasteiger partial charge in [-0.25, -0.2) is 0 Å². The molecular weight excluding hydrogens is 256 g/mol. The van der Waals surface area contributed by atoms with Crippen molar-refractivity contribution in [3.8, 4) is 0 Å². The number of hydrogen-bond acceptors (Lipinski definition) is 2. The van der Waals surface area contributed by atoms with Crippen LogP contribution in [0, 0.1) is 0 Å². The highest BCUT2D eigenvalue weighted by atomic mass is 35.5. The van der Waals surface area contributed by atoms with Crippen LogP contribution in [0.2, 0.25) is 5.02 Å². The van der Waals surface area contributed by atoms with Crippen LogP contribution in [0.5, 0.6) is 0 Å². The molecule has 0 aromatic heterocycles. The number of nitrogens with zero attached hydrogens (tertiary/aromatic N) is 1. The van der Waals surface area contributed by atoms with Gasteiger partial charge < -0.3 is 10.2 Å². The molecule has 98 valence electrons. The van der Waals surface area contributed by atoms with Gasteiger partial charge in [-0.15, -0.1) is 0 Å². The predicted octanol–water partition coefficient (Wildman–Crippen LogP) is 3.49. The number of para-hydroxylation sites is 1. The molecule has 0 spiro atoms. The van der Waals surface area contributed by atoms with E-state index in [2.05, 4.69) is 52.7 Å². The van der Waals surface area contributed by atoms with Crippen LogP contribution in [-0.2, 0) is 0 Å². The van der Waals surface area contributed by atoms with Crippen molar-refractivity contribution in [2.75, 3.05) is 24.5 Å². The summed E-state index contributed by atoms with van der Waals surface area (Å²) >= 11 is 6.36. The molecule has 1 atom stereocenters. The second-order valence-corrected chi connectivity index (χ2v) is 5.18. The first-order chi connectivity index (χ1) is 9.36. The molecule has 0 aliphatic carbocycles. The topological polar surface area (TPSA) is 15.3 Å². The van der Waals surface area contributed by atoms with Gasteiger partial charge in [0.25, 0.3) is 0 Å². The van der Waals surface area contributed by atoms with E-state index in [1.807, 2.05) is 12.1 Å². The molecule has 2 aromatic carbocycles. The van der Waals surface area contributed by atoms with Crippen LogP contribution in [0.4, 0.5) is 5.69 Å². The van der Waals surface area contributed by atoms with Crippen molar-refractivity contribution in [2.24, 2.45) is 0 Å². The van der Waals surface area contributed by atoms with Crippen molar-refractivity contribution in [1.82, 2.24) is 5.32 Å². The Hall–Kier alpha value is -1.51. The highest BCUT2D eigenvalue weighted by Gasteiger charge is 2.25. The van der Waals surface area contributed by atoms with Gasteiger partial charge in [-0.05, 0) is 23.8 Å². The zero-order valence-corrected chi connectivity index (χ0v) is 11.5. The van der Waals surface area contributed by atoms with Gasteiger partial charge >= 0.3 is 0 Å². The first-order valence-electron chi connectivity index (χ1n) is 6.63. The summed E-state index contributed by atoms with van der Waals surface area (Å²) in [4.78, 5) is 2.43. The van der Waals surface area contributed by atoms with Crippen LogP contribution in [0.25, 0.3) is 0 Å². The highest BCUT2D eigenvalue weighted by Crippen LogP contribution is 2.31. The van der Waals surface area contributed by atoms with Crippen LogP contribution in [0.15, 0.2) is 54.6 Å². The maximum Gasteiger partial charge on any atom is 0.0682 e. The third-order valence-electron chi connectivity index (χ3n) is 3.60. The van der Waals surface area contributed by atoms with Gasteiger partial charge in [0, 0.05) is 30.3 Å². The molecule has 2 aromatic rings. The Morgan fingerprint density at radius 3 is 2.53 bits per heavy atom. The van der Waals surface area contributed by atoms with E-state index in [-0.39, 0.29) is 0 Å². The minimum absolute atomic E-state index is 0.296. The van der Waals surface area contributed by atoms with Crippen molar-refractivity contribution in [3.63, 3.8) is 0 Å². The molecule has 0 saturated carbocycles. The minimum atomic E-state index is 0.296. The molecule has 0 radical (unpaired) electrons. The fourth-order valence-electron chi connectivity index (χ4n) is 2.66. The maximum absolute atomic E-state index is 6.36. The fraction of sp³-hybridized carbons (Fsp3) is 0.250. The van der Waals surface area contributed by atoms with Crippen LogP contribution < -0.4 is 10.2 Å². The van der Waals surface area contributed by atoms with Crippen molar-refractivity contribution in [3.05, 3.63) is 65.2 Å². The van der Waals surface area contributed by atoms with Crippen LogP contribution in [0.1, 0.15) is 11.6 Å². The number of nitrogens with one attached hydrogen (secondary N) is 1. The van der Waals surface area contributed by atoms with Gasteiger partial charge in [0.15, 0.2) is 0 Å². The molecule has 3 rings (SSSR count). The molecular formula is C16H17ClN2. The van der Waals surface area contributed by atoms with Crippen molar-refractivity contribution in [2.45, 2.75) is 6.04 Å². The van der Waals surface area contributed by atoms with Crippen LogP contribution >= 0.6 is 11.6 Å². The van der Waals surface area contributed by atoms with E-state index < -0.39 is 0 Å². The zero-order valence-electron chi connectivity index (χ0n) is 10.7. The second-order valence-electron chi connectivity index (χ2n) is 4.77. The largest absolute Gasteiger partial charge is 0.362 e. The van der Waals surface area contributed by atoms with Gasteiger partial charge in [-0.3, -0.25) is 0 Å². The summed E-state index contributed by atoms with van der Waals surface area (Å²) in [6, 6.07) is 19.0. The Morgan fingerprint density at radius 1 is 1.00 bits per heavy atom. The normalized spacial score (nSPS) is 19.4. The van der Waals surface area contributed by atoms with E-state index >= 15 is 0 Å². The number of benzene rings is 2. The number of anilines is 1. The minimum Gasteiger partial charge on any atom is -0.362 e. The molecule has 1 heterocycles. The van der Waals surface area contributed by atoms with Gasteiger partial charge in [0.2, 0.25) is 0 Å². The van der Waals surface area contributed by atoms with Gasteiger partial charge in [0.05, 0.1) is 6.04 Å². The lowest BCUT2D eigenvalue weighted by Crippen LogP contribution is -2.46. The van der Waals surface area contributed by atoms with E-state index in [0.717, 1.165) is 24.7 Å². The summed E-state index contributed by atoms with van der Waals surface area (Å²) < 4.78 is 0. The molecule has 0 amide bonds. The number of halogens is 1. The van der Waals surface area contributed by atoms with Crippen molar-refractivity contribution >= 4 is 17.3 Å². The summed E-state index contributed by atoms with van der Waals surface area (Å²) in [5.74, 6) is 0. The van der Waals surface area contributed by atoms with E-state index in [1.165, 1.54) is 11.3 Å². The number of hydrogen-bond donors (Lipinski definition) is 1. The lowest BCUT2D eigenvalue weighted by Gasteiger charge is -2.38. The summed E-state index contributed by atoms with van der Waals surface area (Å²) in [7, 11) is 0. The first kappa shape index (κ1) is 12.5. The van der Waals surface area contributed by atoms with Gasteiger partial charge in [0.1, 0.15) is 0 Å². The average Bonchev–Trinajstić information content (AvgIpc) is 2.49. The van der Waals surface area contributed by atoms with E-state index in [0.29, 0.717) is 6.04 Å². The quantitative estimate of drug-likeness (QED) is 0.900. The smallest absolute Gasteiger partial charge is 0.0682 e. The lowest BCUT2D eigenvalue weighted by molar-refractivity contribution is 0.490. The highest BCUT2D eigenvalue weighted by molar-refractivity contribution is 6.31. The van der Waals surface area contributed by atoms with E-state index in [9.17, 15) is 0 Å². The maximum atomic E-state index is 6.36. The molecule has 1 saturated heterocycles. The first-order valence-corrected chi connectivity index (χ1v) is 7.01. The summed E-state index contributed by atoms with van der Waals surface area (Å²) in [5.41, 5.74) is 2.45. The molecule has 3 heteroatoms. The molecule has 1 aliphatic heterocycles. The Bertz CT molecular complexity index is 541. The SMILES string of the molecule is Clc1ccccc1C1CNCCN1c1ccccc1. The average molecular weight is 273 g/mol. The molecule has 0 bridgehead atoms. The van der Waals surface area contributed by atoms with Crippen molar-refractivity contribution < 1.29 is 0 Å². The van der Waals surface area contributed by atoms with Gasteiger partial charge in [-0.1, -0.05) is 48.0 Å². The third-order valence-corrected chi connectivity index (χ3v) is 3.94. The Morgan fingerprint density at radius 2 is 1.74 bits per heavy atom.